The van der Waals surface area contributed by atoms with E-state index >= 15 is 0 Å². The zero-order valence-electron chi connectivity index (χ0n) is 9.33. The molecule has 0 unspecified atom stereocenters. The van der Waals surface area contributed by atoms with Gasteiger partial charge in [0.05, 0.1) is 5.69 Å². The quantitative estimate of drug-likeness (QED) is 0.859. The lowest BCUT2D eigenvalue weighted by molar-refractivity contribution is -0.138. The van der Waals surface area contributed by atoms with E-state index in [1.807, 2.05) is 6.07 Å². The fraction of sp³-hybridized carbons (Fsp3) is 0.167. The van der Waals surface area contributed by atoms with Gasteiger partial charge in [0.15, 0.2) is 0 Å². The Labute approximate surface area is 97.5 Å². The number of benzene rings is 1. The van der Waals surface area contributed by atoms with Gasteiger partial charge in [0.2, 0.25) is 0 Å². The van der Waals surface area contributed by atoms with E-state index in [0.29, 0.717) is 11.4 Å². The number of nitrogens with zero attached hydrogens (tertiary/aromatic N) is 2. The van der Waals surface area contributed by atoms with Crippen molar-refractivity contribution in [2.24, 2.45) is 0 Å². The van der Waals surface area contributed by atoms with Gasteiger partial charge in [0, 0.05) is 11.8 Å². The average Bonchev–Trinajstić information content (AvgIpc) is 2.54. The highest BCUT2D eigenvalue weighted by Gasteiger charge is 2.11. The Balaban J connectivity index is 2.61. The van der Waals surface area contributed by atoms with E-state index in [-0.39, 0.29) is 12.1 Å². The number of carbonyl (C=O) groups is 1. The fourth-order valence-electron chi connectivity index (χ4n) is 1.75. The number of aromatic nitrogens is 2. The van der Waals surface area contributed by atoms with Crippen LogP contribution in [0.1, 0.15) is 5.69 Å². The summed E-state index contributed by atoms with van der Waals surface area (Å²) < 4.78 is 2.81. The molecule has 0 aliphatic rings. The predicted molar refractivity (Wildman–Crippen MR) is 62.4 cm³/mol. The molecule has 0 radical (unpaired) electrons. The molecule has 0 spiro atoms. The summed E-state index contributed by atoms with van der Waals surface area (Å²) in [6.45, 7) is 1.48. The van der Waals surface area contributed by atoms with E-state index in [1.165, 1.54) is 15.4 Å². The van der Waals surface area contributed by atoms with Gasteiger partial charge in [-0.2, -0.15) is 0 Å². The van der Waals surface area contributed by atoms with Crippen LogP contribution >= 0.6 is 0 Å². The van der Waals surface area contributed by atoms with Gasteiger partial charge in [0.25, 0.3) is 5.56 Å². The molecule has 1 heterocycles. The minimum Gasteiger partial charge on any atom is -0.480 e. The van der Waals surface area contributed by atoms with Crippen LogP contribution in [0.15, 0.2) is 41.2 Å². The number of rotatable bonds is 3. The molecule has 1 aromatic heterocycles. The van der Waals surface area contributed by atoms with Gasteiger partial charge in [-0.1, -0.05) is 18.2 Å². The number of hydrogen-bond acceptors (Lipinski definition) is 2. The first-order valence-electron chi connectivity index (χ1n) is 5.16. The molecule has 0 fully saturated rings. The summed E-state index contributed by atoms with van der Waals surface area (Å²) in [4.78, 5) is 22.6. The maximum atomic E-state index is 11.8. The predicted octanol–water partition coefficient (Wildman–Crippen LogP) is 1.03. The van der Waals surface area contributed by atoms with E-state index in [2.05, 4.69) is 0 Å². The maximum Gasteiger partial charge on any atom is 0.325 e. The van der Waals surface area contributed by atoms with E-state index in [1.54, 1.807) is 31.2 Å². The van der Waals surface area contributed by atoms with Gasteiger partial charge < -0.3 is 5.11 Å². The van der Waals surface area contributed by atoms with Gasteiger partial charge in [-0.15, -0.1) is 0 Å². The molecular formula is C12H12N2O3. The minimum atomic E-state index is -0.978. The van der Waals surface area contributed by atoms with Crippen LogP contribution < -0.4 is 5.56 Å². The van der Waals surface area contributed by atoms with Crippen LogP contribution in [0.25, 0.3) is 5.69 Å². The molecule has 5 heteroatoms. The molecule has 2 aromatic rings. The molecule has 0 aliphatic carbocycles. The third-order valence-corrected chi connectivity index (χ3v) is 2.48. The third kappa shape index (κ3) is 2.13. The SMILES string of the molecule is Cc1cc(=O)n(-c2ccccc2)n1CC(=O)O. The summed E-state index contributed by atoms with van der Waals surface area (Å²) in [7, 11) is 0. The van der Waals surface area contributed by atoms with E-state index in [4.69, 9.17) is 5.11 Å². The third-order valence-electron chi connectivity index (χ3n) is 2.48. The summed E-state index contributed by atoms with van der Waals surface area (Å²) in [6.07, 6.45) is 0. The maximum absolute atomic E-state index is 11.8. The number of para-hydroxylation sites is 1. The first-order valence-corrected chi connectivity index (χ1v) is 5.16. The summed E-state index contributed by atoms with van der Waals surface area (Å²) >= 11 is 0. The summed E-state index contributed by atoms with van der Waals surface area (Å²) in [6, 6.07) is 10.4. The molecule has 1 N–H and O–H groups in total. The van der Waals surface area contributed by atoms with Crippen LogP contribution in [0.2, 0.25) is 0 Å². The lowest BCUT2D eigenvalue weighted by Gasteiger charge is -2.11. The molecule has 0 saturated heterocycles. The Hall–Kier alpha value is -2.30. The summed E-state index contributed by atoms with van der Waals surface area (Å²) in [5.74, 6) is -0.978. The minimum absolute atomic E-state index is 0.227. The van der Waals surface area contributed by atoms with Crippen LogP contribution in [0, 0.1) is 6.92 Å². The highest BCUT2D eigenvalue weighted by molar-refractivity contribution is 5.66. The monoisotopic (exact) mass is 232 g/mol. The van der Waals surface area contributed by atoms with Gasteiger partial charge in [0.1, 0.15) is 6.54 Å². The summed E-state index contributed by atoms with van der Waals surface area (Å²) in [5, 5.41) is 8.84. The Morgan fingerprint density at radius 3 is 2.53 bits per heavy atom. The van der Waals surface area contributed by atoms with Crippen LogP contribution in [-0.4, -0.2) is 20.4 Å². The first-order chi connectivity index (χ1) is 8.09. The molecule has 88 valence electrons. The topological polar surface area (TPSA) is 64.2 Å². The van der Waals surface area contributed by atoms with Gasteiger partial charge in [-0.3, -0.25) is 14.3 Å². The van der Waals surface area contributed by atoms with Crippen LogP contribution in [0.5, 0.6) is 0 Å². The second-order valence-electron chi connectivity index (χ2n) is 3.72. The average molecular weight is 232 g/mol. The van der Waals surface area contributed by atoms with Crippen molar-refractivity contribution in [1.82, 2.24) is 9.36 Å². The number of carboxylic acids is 1. The van der Waals surface area contributed by atoms with Crippen molar-refractivity contribution in [2.45, 2.75) is 13.5 Å². The van der Waals surface area contributed by atoms with E-state index in [9.17, 15) is 9.59 Å². The molecule has 0 aliphatic heterocycles. The van der Waals surface area contributed by atoms with Crippen molar-refractivity contribution in [2.75, 3.05) is 0 Å². The Morgan fingerprint density at radius 1 is 1.29 bits per heavy atom. The van der Waals surface area contributed by atoms with E-state index < -0.39 is 5.97 Å². The van der Waals surface area contributed by atoms with Crippen molar-refractivity contribution >= 4 is 5.97 Å². The molecule has 0 bridgehead atoms. The highest BCUT2D eigenvalue weighted by Crippen LogP contribution is 2.07. The van der Waals surface area contributed by atoms with Crippen molar-refractivity contribution in [3.63, 3.8) is 0 Å². The molecule has 5 nitrogen and oxygen atoms in total. The van der Waals surface area contributed by atoms with Crippen molar-refractivity contribution in [3.05, 3.63) is 52.4 Å². The van der Waals surface area contributed by atoms with Crippen molar-refractivity contribution in [3.8, 4) is 5.69 Å². The number of aliphatic carboxylic acids is 1. The molecule has 0 amide bonds. The second kappa shape index (κ2) is 4.29. The Bertz CT molecular complexity index is 596. The summed E-state index contributed by atoms with van der Waals surface area (Å²) in [5.41, 5.74) is 1.06. The second-order valence-corrected chi connectivity index (χ2v) is 3.72. The number of aryl methyl sites for hydroxylation is 1. The van der Waals surface area contributed by atoms with Gasteiger partial charge in [-0.25, -0.2) is 4.68 Å². The first kappa shape index (κ1) is 11.2. The number of hydrogen-bond donors (Lipinski definition) is 1. The standard InChI is InChI=1S/C12H12N2O3/c1-9-7-11(15)14(13(9)8-12(16)17)10-5-3-2-4-6-10/h2-7H,8H2,1H3,(H,16,17). The Morgan fingerprint density at radius 2 is 1.94 bits per heavy atom. The van der Waals surface area contributed by atoms with Crippen LogP contribution in [-0.2, 0) is 11.3 Å². The molecule has 2 rings (SSSR count). The smallest absolute Gasteiger partial charge is 0.325 e. The normalized spacial score (nSPS) is 10.4. The van der Waals surface area contributed by atoms with Gasteiger partial charge >= 0.3 is 5.97 Å². The number of carboxylic acid groups (broad SMARTS) is 1. The van der Waals surface area contributed by atoms with Crippen LogP contribution in [0.4, 0.5) is 0 Å². The fourth-order valence-corrected chi connectivity index (χ4v) is 1.75. The lowest BCUT2D eigenvalue weighted by Crippen LogP contribution is -2.24. The van der Waals surface area contributed by atoms with Crippen molar-refractivity contribution in [1.29, 1.82) is 0 Å². The zero-order valence-corrected chi connectivity index (χ0v) is 9.33. The highest BCUT2D eigenvalue weighted by atomic mass is 16.4. The van der Waals surface area contributed by atoms with Crippen molar-refractivity contribution < 1.29 is 9.90 Å². The van der Waals surface area contributed by atoms with E-state index in [0.717, 1.165) is 0 Å². The Kier molecular flexibility index (Phi) is 2.82. The molecule has 17 heavy (non-hydrogen) atoms. The molecule has 0 saturated carbocycles. The largest absolute Gasteiger partial charge is 0.480 e. The molecule has 0 atom stereocenters. The zero-order chi connectivity index (χ0) is 12.4. The van der Waals surface area contributed by atoms with Gasteiger partial charge in [-0.05, 0) is 19.1 Å². The van der Waals surface area contributed by atoms with Crippen LogP contribution in [0.3, 0.4) is 0 Å². The molecular weight excluding hydrogens is 220 g/mol. The lowest BCUT2D eigenvalue weighted by atomic mass is 10.3. The molecule has 1 aromatic carbocycles.